The molecule has 2 N–H and O–H groups in total. The zero-order chi connectivity index (χ0) is 17.5. The van der Waals surface area contributed by atoms with E-state index in [-0.39, 0.29) is 0 Å². The summed E-state index contributed by atoms with van der Waals surface area (Å²) in [5.41, 5.74) is 8.84. The maximum atomic E-state index is 5.83. The first kappa shape index (κ1) is 17.3. The van der Waals surface area contributed by atoms with E-state index in [1.54, 1.807) is 0 Å². The topological polar surface area (TPSA) is 57.4 Å². The van der Waals surface area contributed by atoms with Crippen LogP contribution in [0, 0.1) is 6.92 Å². The second-order valence-corrected chi connectivity index (χ2v) is 6.71. The minimum Gasteiger partial charge on any atom is -0.494 e. The molecule has 0 atom stereocenters. The highest BCUT2D eigenvalue weighted by Gasteiger charge is 2.04. The van der Waals surface area contributed by atoms with E-state index in [9.17, 15) is 0 Å². The SMILES string of the molecule is Cc1ccc(OCCCCOc2cccc(-c3csc(N)n3)c2)cc1. The van der Waals surface area contributed by atoms with Crippen LogP contribution in [-0.2, 0) is 0 Å². The molecule has 0 aliphatic heterocycles. The van der Waals surface area contributed by atoms with Crippen molar-refractivity contribution in [2.75, 3.05) is 18.9 Å². The highest BCUT2D eigenvalue weighted by molar-refractivity contribution is 7.13. The lowest BCUT2D eigenvalue weighted by Crippen LogP contribution is -2.02. The van der Waals surface area contributed by atoms with Gasteiger partial charge in [0.15, 0.2) is 5.13 Å². The minimum absolute atomic E-state index is 0.579. The predicted molar refractivity (Wildman–Crippen MR) is 103 cm³/mol. The number of aryl methyl sites for hydroxylation is 1. The van der Waals surface area contributed by atoms with Crippen molar-refractivity contribution in [2.24, 2.45) is 0 Å². The third kappa shape index (κ3) is 5.22. The van der Waals surface area contributed by atoms with Crippen LogP contribution in [0.25, 0.3) is 11.3 Å². The molecule has 3 aromatic rings. The summed E-state index contributed by atoms with van der Waals surface area (Å²) in [6, 6.07) is 16.1. The quantitative estimate of drug-likeness (QED) is 0.582. The molecule has 0 unspecified atom stereocenters. The lowest BCUT2D eigenvalue weighted by molar-refractivity contribution is 0.266. The van der Waals surface area contributed by atoms with Crippen molar-refractivity contribution in [1.82, 2.24) is 4.98 Å². The zero-order valence-corrected chi connectivity index (χ0v) is 15.1. The second kappa shape index (κ2) is 8.53. The fraction of sp³-hybridized carbons (Fsp3) is 0.250. The first-order valence-electron chi connectivity index (χ1n) is 8.34. The maximum absolute atomic E-state index is 5.83. The summed E-state index contributed by atoms with van der Waals surface area (Å²) >= 11 is 1.44. The van der Waals surface area contributed by atoms with Crippen molar-refractivity contribution in [3.05, 3.63) is 59.5 Å². The molecule has 4 nitrogen and oxygen atoms in total. The van der Waals surface area contributed by atoms with Crippen molar-refractivity contribution in [2.45, 2.75) is 19.8 Å². The fourth-order valence-electron chi connectivity index (χ4n) is 2.38. The van der Waals surface area contributed by atoms with Gasteiger partial charge < -0.3 is 15.2 Å². The average Bonchev–Trinajstić information content (AvgIpc) is 3.06. The smallest absolute Gasteiger partial charge is 0.180 e. The first-order chi connectivity index (χ1) is 12.2. The number of thiazole rings is 1. The number of nitrogens with two attached hydrogens (primary N) is 1. The molecular formula is C20H22N2O2S. The van der Waals surface area contributed by atoms with Gasteiger partial charge in [0.1, 0.15) is 11.5 Å². The van der Waals surface area contributed by atoms with Gasteiger partial charge in [-0.1, -0.05) is 29.8 Å². The minimum atomic E-state index is 0.579. The molecule has 0 amide bonds. The number of anilines is 1. The Hall–Kier alpha value is -2.53. The summed E-state index contributed by atoms with van der Waals surface area (Å²) in [6.07, 6.45) is 1.90. The van der Waals surface area contributed by atoms with E-state index in [0.29, 0.717) is 18.3 Å². The molecule has 0 aliphatic rings. The van der Waals surface area contributed by atoms with Gasteiger partial charge in [-0.2, -0.15) is 0 Å². The zero-order valence-electron chi connectivity index (χ0n) is 14.3. The summed E-state index contributed by atoms with van der Waals surface area (Å²) in [7, 11) is 0. The molecule has 130 valence electrons. The molecule has 2 aromatic carbocycles. The summed E-state index contributed by atoms with van der Waals surface area (Å²) < 4.78 is 11.5. The van der Waals surface area contributed by atoms with E-state index in [1.165, 1.54) is 16.9 Å². The molecule has 25 heavy (non-hydrogen) atoms. The molecule has 0 fully saturated rings. The van der Waals surface area contributed by atoms with Gasteiger partial charge in [-0.25, -0.2) is 4.98 Å². The Morgan fingerprint density at radius 2 is 1.68 bits per heavy atom. The van der Waals surface area contributed by atoms with E-state index in [2.05, 4.69) is 24.0 Å². The highest BCUT2D eigenvalue weighted by atomic mass is 32.1. The van der Waals surface area contributed by atoms with Crippen molar-refractivity contribution < 1.29 is 9.47 Å². The van der Waals surface area contributed by atoms with Crippen LogP contribution in [-0.4, -0.2) is 18.2 Å². The van der Waals surface area contributed by atoms with E-state index in [0.717, 1.165) is 35.6 Å². The van der Waals surface area contributed by atoms with Crippen LogP contribution in [0.4, 0.5) is 5.13 Å². The van der Waals surface area contributed by atoms with Gasteiger partial charge in [0, 0.05) is 10.9 Å². The number of nitrogen functional groups attached to an aromatic ring is 1. The summed E-state index contributed by atoms with van der Waals surface area (Å²) in [6.45, 7) is 3.43. The molecule has 3 rings (SSSR count). The van der Waals surface area contributed by atoms with Crippen LogP contribution in [0.2, 0.25) is 0 Å². The summed E-state index contributed by atoms with van der Waals surface area (Å²) in [5, 5.41) is 2.53. The lowest BCUT2D eigenvalue weighted by atomic mass is 10.2. The van der Waals surface area contributed by atoms with Crippen molar-refractivity contribution in [1.29, 1.82) is 0 Å². The van der Waals surface area contributed by atoms with E-state index in [4.69, 9.17) is 15.2 Å². The molecule has 0 saturated carbocycles. The standard InChI is InChI=1S/C20H22N2O2S/c1-15-7-9-17(10-8-15)23-11-2-3-12-24-18-6-4-5-16(13-18)19-14-25-20(21)22-19/h4-10,13-14H,2-3,11-12H2,1H3,(H2,21,22). The van der Waals surface area contributed by atoms with Crippen LogP contribution in [0.3, 0.4) is 0 Å². The Bertz CT molecular complexity index is 799. The third-order valence-electron chi connectivity index (χ3n) is 3.75. The predicted octanol–water partition coefficient (Wildman–Crippen LogP) is 4.94. The number of ether oxygens (including phenoxy) is 2. The fourth-order valence-corrected chi connectivity index (χ4v) is 2.96. The van der Waals surface area contributed by atoms with Gasteiger partial charge in [0.2, 0.25) is 0 Å². The van der Waals surface area contributed by atoms with E-state index in [1.807, 2.05) is 41.8 Å². The molecule has 1 heterocycles. The van der Waals surface area contributed by atoms with Crippen LogP contribution in [0.15, 0.2) is 53.9 Å². The molecule has 1 aromatic heterocycles. The molecule has 5 heteroatoms. The number of aromatic nitrogens is 1. The van der Waals surface area contributed by atoms with Gasteiger partial charge in [-0.05, 0) is 44.0 Å². The molecule has 0 radical (unpaired) electrons. The number of nitrogens with zero attached hydrogens (tertiary/aromatic N) is 1. The van der Waals surface area contributed by atoms with Crippen LogP contribution in [0.5, 0.6) is 11.5 Å². The normalized spacial score (nSPS) is 10.6. The van der Waals surface area contributed by atoms with E-state index >= 15 is 0 Å². The highest BCUT2D eigenvalue weighted by Crippen LogP contribution is 2.26. The van der Waals surface area contributed by atoms with Gasteiger partial charge in [0.05, 0.1) is 18.9 Å². The molecule has 0 bridgehead atoms. The Morgan fingerprint density at radius 1 is 0.960 bits per heavy atom. The Morgan fingerprint density at radius 3 is 2.36 bits per heavy atom. The van der Waals surface area contributed by atoms with Crippen molar-refractivity contribution in [3.8, 4) is 22.8 Å². The number of hydrogen-bond acceptors (Lipinski definition) is 5. The summed E-state index contributed by atoms with van der Waals surface area (Å²) in [4.78, 5) is 4.30. The number of unbranched alkanes of at least 4 members (excludes halogenated alkanes) is 1. The van der Waals surface area contributed by atoms with Gasteiger partial charge in [0.25, 0.3) is 0 Å². The molecule has 0 aliphatic carbocycles. The largest absolute Gasteiger partial charge is 0.494 e. The Balaban J connectivity index is 1.39. The maximum Gasteiger partial charge on any atom is 0.180 e. The molecule has 0 saturated heterocycles. The lowest BCUT2D eigenvalue weighted by Gasteiger charge is -2.08. The van der Waals surface area contributed by atoms with Gasteiger partial charge in [-0.15, -0.1) is 11.3 Å². The second-order valence-electron chi connectivity index (χ2n) is 5.82. The van der Waals surface area contributed by atoms with E-state index < -0.39 is 0 Å². The number of hydrogen-bond donors (Lipinski definition) is 1. The van der Waals surface area contributed by atoms with Crippen LogP contribution < -0.4 is 15.2 Å². The third-order valence-corrected chi connectivity index (χ3v) is 4.42. The Kier molecular flexibility index (Phi) is 5.90. The van der Waals surface area contributed by atoms with Gasteiger partial charge in [-0.3, -0.25) is 0 Å². The molecular weight excluding hydrogens is 332 g/mol. The average molecular weight is 354 g/mol. The number of rotatable bonds is 8. The number of benzene rings is 2. The first-order valence-corrected chi connectivity index (χ1v) is 9.22. The monoisotopic (exact) mass is 354 g/mol. The van der Waals surface area contributed by atoms with Gasteiger partial charge >= 0.3 is 0 Å². The van der Waals surface area contributed by atoms with Crippen molar-refractivity contribution >= 4 is 16.5 Å². The molecule has 0 spiro atoms. The Labute approximate surface area is 152 Å². The van der Waals surface area contributed by atoms with Crippen LogP contribution >= 0.6 is 11.3 Å². The summed E-state index contributed by atoms with van der Waals surface area (Å²) in [5.74, 6) is 1.77. The van der Waals surface area contributed by atoms with Crippen LogP contribution in [0.1, 0.15) is 18.4 Å². The van der Waals surface area contributed by atoms with Crippen molar-refractivity contribution in [3.63, 3.8) is 0 Å².